The Morgan fingerprint density at radius 1 is 1.08 bits per heavy atom. The Morgan fingerprint density at radius 2 is 1.88 bits per heavy atom. The van der Waals surface area contributed by atoms with Gasteiger partial charge in [0, 0.05) is 19.6 Å². The molecule has 2 fully saturated rings. The Labute approximate surface area is 147 Å². The Kier molecular flexibility index (Phi) is 8.87. The number of allylic oxidation sites excluding steroid dienone is 2. The van der Waals surface area contributed by atoms with Crippen molar-refractivity contribution >= 4 is 5.97 Å². The molecule has 138 valence electrons. The van der Waals surface area contributed by atoms with Crippen molar-refractivity contribution < 1.29 is 14.6 Å². The molecule has 1 N–H and O–H groups in total. The van der Waals surface area contributed by atoms with Gasteiger partial charge >= 0.3 is 5.97 Å². The monoisotopic (exact) mass is 336 g/mol. The summed E-state index contributed by atoms with van der Waals surface area (Å²) in [5, 5.41) is 8.66. The molecule has 24 heavy (non-hydrogen) atoms. The van der Waals surface area contributed by atoms with Gasteiger partial charge in [-0.05, 0) is 68.6 Å². The molecule has 2 bridgehead atoms. The van der Waals surface area contributed by atoms with E-state index in [2.05, 4.69) is 19.1 Å². The number of ether oxygens (including phenoxy) is 1. The lowest BCUT2D eigenvalue weighted by Gasteiger charge is -2.30. The third-order valence-electron chi connectivity index (χ3n) is 6.06. The molecule has 3 heteroatoms. The number of carboxylic acid groups (broad SMARTS) is 1. The van der Waals surface area contributed by atoms with Crippen LogP contribution in [0, 0.1) is 23.7 Å². The summed E-state index contributed by atoms with van der Waals surface area (Å²) in [6.45, 7) is 4.15. The summed E-state index contributed by atoms with van der Waals surface area (Å²) in [5.74, 6) is 2.68. The van der Waals surface area contributed by atoms with Gasteiger partial charge in [-0.1, -0.05) is 38.3 Å². The van der Waals surface area contributed by atoms with E-state index in [1.165, 1.54) is 44.9 Å². The highest BCUT2D eigenvalue weighted by molar-refractivity contribution is 5.66. The standard InChI is InChI=1S/C21H36O3/c1-2-3-4-9-14-24-16-20-18-13-12-17(15-18)19(20)10-7-5-6-8-11-21(22)23/h5,7,17-20H,2-4,6,8-16H2,1H3,(H,22,23)/b7-5-/t17-,18+,19-,20+/m1/s1. The van der Waals surface area contributed by atoms with Crippen molar-refractivity contribution in [3.8, 4) is 0 Å². The Balaban J connectivity index is 1.65. The molecule has 0 aliphatic heterocycles. The van der Waals surface area contributed by atoms with Crippen LogP contribution in [0.4, 0.5) is 0 Å². The fourth-order valence-electron chi connectivity index (χ4n) is 4.75. The first kappa shape index (κ1) is 19.5. The van der Waals surface area contributed by atoms with E-state index in [1.807, 2.05) is 0 Å². The lowest BCUT2D eigenvalue weighted by Crippen LogP contribution is -2.26. The van der Waals surface area contributed by atoms with Crippen LogP contribution in [0.2, 0.25) is 0 Å². The molecule has 2 saturated carbocycles. The average molecular weight is 337 g/mol. The van der Waals surface area contributed by atoms with Gasteiger partial charge < -0.3 is 9.84 Å². The van der Waals surface area contributed by atoms with Crippen molar-refractivity contribution in [3.05, 3.63) is 12.2 Å². The maximum Gasteiger partial charge on any atom is 0.303 e. The smallest absolute Gasteiger partial charge is 0.303 e. The first-order valence-corrected chi connectivity index (χ1v) is 10.2. The van der Waals surface area contributed by atoms with Gasteiger partial charge in [-0.2, -0.15) is 0 Å². The van der Waals surface area contributed by atoms with Crippen molar-refractivity contribution in [2.24, 2.45) is 23.7 Å². The third-order valence-corrected chi connectivity index (χ3v) is 6.06. The van der Waals surface area contributed by atoms with Crippen molar-refractivity contribution in [1.29, 1.82) is 0 Å². The first-order valence-electron chi connectivity index (χ1n) is 10.2. The minimum absolute atomic E-state index is 0.285. The van der Waals surface area contributed by atoms with Crippen LogP contribution in [-0.4, -0.2) is 24.3 Å². The van der Waals surface area contributed by atoms with Crippen LogP contribution in [0.25, 0.3) is 0 Å². The molecule has 0 radical (unpaired) electrons. The Bertz CT molecular complexity index is 391. The number of hydrogen-bond acceptors (Lipinski definition) is 2. The predicted molar refractivity (Wildman–Crippen MR) is 98.0 cm³/mol. The summed E-state index contributed by atoms with van der Waals surface area (Å²) in [6.07, 6.45) is 17.0. The van der Waals surface area contributed by atoms with E-state index >= 15 is 0 Å². The molecule has 2 aliphatic carbocycles. The maximum atomic E-state index is 10.5. The van der Waals surface area contributed by atoms with Gasteiger partial charge in [0.1, 0.15) is 0 Å². The largest absolute Gasteiger partial charge is 0.481 e. The summed E-state index contributed by atoms with van der Waals surface area (Å²) in [7, 11) is 0. The number of rotatable bonds is 13. The van der Waals surface area contributed by atoms with Gasteiger partial charge in [-0.25, -0.2) is 0 Å². The van der Waals surface area contributed by atoms with Crippen molar-refractivity contribution in [2.45, 2.75) is 77.6 Å². The summed E-state index contributed by atoms with van der Waals surface area (Å²) >= 11 is 0. The fraction of sp³-hybridized carbons (Fsp3) is 0.857. The van der Waals surface area contributed by atoms with Crippen LogP contribution >= 0.6 is 0 Å². The Hall–Kier alpha value is -0.830. The molecule has 0 aromatic rings. The van der Waals surface area contributed by atoms with E-state index in [9.17, 15) is 4.79 Å². The predicted octanol–water partition coefficient (Wildman–Crippen LogP) is 5.45. The highest BCUT2D eigenvalue weighted by Gasteiger charge is 2.46. The van der Waals surface area contributed by atoms with E-state index in [1.54, 1.807) is 0 Å². The summed E-state index contributed by atoms with van der Waals surface area (Å²) in [4.78, 5) is 10.5. The molecule has 2 aliphatic rings. The van der Waals surface area contributed by atoms with Crippen molar-refractivity contribution in [1.82, 2.24) is 0 Å². The van der Waals surface area contributed by atoms with Gasteiger partial charge in [-0.15, -0.1) is 0 Å². The van der Waals surface area contributed by atoms with Crippen LogP contribution in [0.15, 0.2) is 12.2 Å². The molecule has 0 amide bonds. The zero-order valence-electron chi connectivity index (χ0n) is 15.4. The quantitative estimate of drug-likeness (QED) is 0.359. The highest BCUT2D eigenvalue weighted by atomic mass is 16.5. The second-order valence-corrected chi connectivity index (χ2v) is 7.79. The number of carbonyl (C=O) groups is 1. The summed E-state index contributed by atoms with van der Waals surface area (Å²) in [5.41, 5.74) is 0. The number of aliphatic carboxylic acids is 1. The van der Waals surface area contributed by atoms with Crippen LogP contribution in [-0.2, 0) is 9.53 Å². The van der Waals surface area contributed by atoms with Crippen LogP contribution < -0.4 is 0 Å². The van der Waals surface area contributed by atoms with Crippen LogP contribution in [0.3, 0.4) is 0 Å². The number of unbranched alkanes of at least 4 members (excludes halogenated alkanes) is 4. The third kappa shape index (κ3) is 6.23. The molecular formula is C21H36O3. The van der Waals surface area contributed by atoms with Gasteiger partial charge in [-0.3, -0.25) is 4.79 Å². The summed E-state index contributed by atoms with van der Waals surface area (Å²) < 4.78 is 6.03. The molecule has 0 spiro atoms. The highest BCUT2D eigenvalue weighted by Crippen LogP contribution is 2.53. The molecule has 0 aromatic heterocycles. The number of hydrogen-bond donors (Lipinski definition) is 1. The first-order chi connectivity index (χ1) is 11.7. The van der Waals surface area contributed by atoms with E-state index in [0.29, 0.717) is 0 Å². The fourth-order valence-corrected chi connectivity index (χ4v) is 4.75. The molecule has 4 atom stereocenters. The van der Waals surface area contributed by atoms with Crippen LogP contribution in [0.1, 0.15) is 77.6 Å². The molecule has 0 saturated heterocycles. The minimum Gasteiger partial charge on any atom is -0.481 e. The molecule has 0 aromatic carbocycles. The van der Waals surface area contributed by atoms with E-state index < -0.39 is 5.97 Å². The van der Waals surface area contributed by atoms with Gasteiger partial charge in [0.15, 0.2) is 0 Å². The number of carboxylic acids is 1. The Morgan fingerprint density at radius 3 is 2.62 bits per heavy atom. The topological polar surface area (TPSA) is 46.5 Å². The van der Waals surface area contributed by atoms with Crippen LogP contribution in [0.5, 0.6) is 0 Å². The number of fused-ring (bicyclic) bond motifs is 2. The summed E-state index contributed by atoms with van der Waals surface area (Å²) in [6, 6.07) is 0. The molecular weight excluding hydrogens is 300 g/mol. The second kappa shape index (κ2) is 10.9. The lowest BCUT2D eigenvalue weighted by atomic mass is 9.78. The van der Waals surface area contributed by atoms with Crippen molar-refractivity contribution in [3.63, 3.8) is 0 Å². The van der Waals surface area contributed by atoms with Gasteiger partial charge in [0.05, 0.1) is 0 Å². The molecule has 3 nitrogen and oxygen atoms in total. The molecule has 0 heterocycles. The van der Waals surface area contributed by atoms with E-state index in [0.717, 1.165) is 56.1 Å². The van der Waals surface area contributed by atoms with Gasteiger partial charge in [0.2, 0.25) is 0 Å². The van der Waals surface area contributed by atoms with Gasteiger partial charge in [0.25, 0.3) is 0 Å². The SMILES string of the molecule is CCCCCCOC[C@H]1[C@H]2CC[C@H](C2)[C@H]1C/C=C\CCCC(=O)O. The van der Waals surface area contributed by atoms with E-state index in [-0.39, 0.29) is 6.42 Å². The van der Waals surface area contributed by atoms with E-state index in [4.69, 9.17) is 9.84 Å². The second-order valence-electron chi connectivity index (χ2n) is 7.79. The normalized spacial score (nSPS) is 28.9. The molecule has 2 rings (SSSR count). The average Bonchev–Trinajstić information content (AvgIpc) is 3.15. The minimum atomic E-state index is -0.687. The maximum absolute atomic E-state index is 10.5. The zero-order chi connectivity index (χ0) is 17.2. The van der Waals surface area contributed by atoms with Crippen molar-refractivity contribution in [2.75, 3.05) is 13.2 Å². The lowest BCUT2D eigenvalue weighted by molar-refractivity contribution is -0.137. The molecule has 0 unspecified atom stereocenters. The zero-order valence-corrected chi connectivity index (χ0v) is 15.4.